The molecule has 0 aliphatic rings. The number of aryl methyl sites for hydroxylation is 1. The molecule has 3 aromatic rings. The minimum absolute atomic E-state index is 0.00625. The third-order valence-electron chi connectivity index (χ3n) is 3.51. The van der Waals surface area contributed by atoms with Crippen LogP contribution in [0.3, 0.4) is 0 Å². The molecule has 1 aromatic heterocycles. The maximum Gasteiger partial charge on any atom is 0.123 e. The van der Waals surface area contributed by atoms with Crippen molar-refractivity contribution < 1.29 is 4.39 Å². The zero-order valence-corrected chi connectivity index (χ0v) is 12.3. The summed E-state index contributed by atoms with van der Waals surface area (Å²) in [4.78, 5) is 0. The molecule has 1 heterocycles. The van der Waals surface area contributed by atoms with Gasteiger partial charge in [0.1, 0.15) is 5.82 Å². The Hall–Kier alpha value is -1.71. The van der Waals surface area contributed by atoms with Crippen molar-refractivity contribution in [2.45, 2.75) is 13.0 Å². The quantitative estimate of drug-likeness (QED) is 0.738. The van der Waals surface area contributed by atoms with Crippen molar-refractivity contribution in [3.8, 4) is 0 Å². The molecule has 1 N–H and O–H groups in total. The van der Waals surface area contributed by atoms with Gasteiger partial charge in [-0.2, -0.15) is 0 Å². The molecule has 0 saturated carbocycles. The monoisotopic (exact) mass is 285 g/mol. The van der Waals surface area contributed by atoms with Crippen LogP contribution in [0.4, 0.5) is 4.39 Å². The molecule has 0 amide bonds. The Morgan fingerprint density at radius 3 is 2.75 bits per heavy atom. The molecule has 3 heteroatoms. The minimum atomic E-state index is -0.182. The summed E-state index contributed by atoms with van der Waals surface area (Å²) >= 11 is 1.73. The van der Waals surface area contributed by atoms with Crippen LogP contribution in [-0.4, -0.2) is 7.05 Å². The molecular formula is C17H16FNS. The van der Waals surface area contributed by atoms with E-state index in [1.54, 1.807) is 23.5 Å². The van der Waals surface area contributed by atoms with E-state index >= 15 is 0 Å². The van der Waals surface area contributed by atoms with E-state index in [1.807, 2.05) is 20.0 Å². The van der Waals surface area contributed by atoms with Gasteiger partial charge < -0.3 is 5.32 Å². The van der Waals surface area contributed by atoms with E-state index in [0.717, 1.165) is 11.1 Å². The molecule has 0 saturated heterocycles. The maximum absolute atomic E-state index is 13.7. The van der Waals surface area contributed by atoms with Gasteiger partial charge in [-0.05, 0) is 59.6 Å². The van der Waals surface area contributed by atoms with Gasteiger partial charge in [-0.25, -0.2) is 4.39 Å². The summed E-state index contributed by atoms with van der Waals surface area (Å²) in [5, 5.41) is 6.64. The van der Waals surface area contributed by atoms with Crippen molar-refractivity contribution in [2.24, 2.45) is 0 Å². The Morgan fingerprint density at radius 1 is 1.15 bits per heavy atom. The van der Waals surface area contributed by atoms with Crippen molar-refractivity contribution in [2.75, 3.05) is 7.05 Å². The average molecular weight is 285 g/mol. The van der Waals surface area contributed by atoms with E-state index in [1.165, 1.54) is 15.6 Å². The summed E-state index contributed by atoms with van der Waals surface area (Å²) in [6.45, 7) is 1.92. The summed E-state index contributed by atoms with van der Waals surface area (Å²) in [5.74, 6) is -0.182. The topological polar surface area (TPSA) is 12.0 Å². The third kappa shape index (κ3) is 2.35. The second kappa shape index (κ2) is 5.35. The van der Waals surface area contributed by atoms with Crippen LogP contribution >= 0.6 is 11.3 Å². The third-order valence-corrected chi connectivity index (χ3v) is 4.49. The smallest absolute Gasteiger partial charge is 0.123 e. The van der Waals surface area contributed by atoms with E-state index in [4.69, 9.17) is 0 Å². The summed E-state index contributed by atoms with van der Waals surface area (Å²) in [6, 6.07) is 13.6. The normalized spacial score (nSPS) is 12.8. The molecule has 0 spiro atoms. The Kier molecular flexibility index (Phi) is 3.55. The zero-order valence-electron chi connectivity index (χ0n) is 11.5. The molecule has 3 rings (SSSR count). The number of benzene rings is 2. The summed E-state index contributed by atoms with van der Waals surface area (Å²) in [6.07, 6.45) is 0. The van der Waals surface area contributed by atoms with Crippen LogP contribution < -0.4 is 5.32 Å². The highest BCUT2D eigenvalue weighted by Crippen LogP contribution is 2.32. The first-order chi connectivity index (χ1) is 9.69. The van der Waals surface area contributed by atoms with Crippen molar-refractivity contribution in [3.05, 3.63) is 70.4 Å². The van der Waals surface area contributed by atoms with Crippen molar-refractivity contribution in [1.29, 1.82) is 0 Å². The molecule has 1 nitrogen and oxygen atoms in total. The van der Waals surface area contributed by atoms with Crippen LogP contribution in [0.5, 0.6) is 0 Å². The lowest BCUT2D eigenvalue weighted by molar-refractivity contribution is 0.616. The predicted octanol–water partition coefficient (Wildman–Crippen LogP) is 4.66. The number of nitrogens with one attached hydrogen (secondary N) is 1. The lowest BCUT2D eigenvalue weighted by Gasteiger charge is -2.19. The molecule has 0 aliphatic carbocycles. The Bertz CT molecular complexity index is 727. The average Bonchev–Trinajstić information content (AvgIpc) is 2.87. The predicted molar refractivity (Wildman–Crippen MR) is 83.9 cm³/mol. The van der Waals surface area contributed by atoms with Gasteiger partial charge in [0.05, 0.1) is 6.04 Å². The minimum Gasteiger partial charge on any atom is -0.309 e. The van der Waals surface area contributed by atoms with Crippen LogP contribution in [0.15, 0.2) is 47.8 Å². The van der Waals surface area contributed by atoms with Gasteiger partial charge >= 0.3 is 0 Å². The van der Waals surface area contributed by atoms with E-state index in [9.17, 15) is 4.39 Å². The molecule has 2 aromatic carbocycles. The largest absolute Gasteiger partial charge is 0.309 e. The molecule has 0 fully saturated rings. The first-order valence-corrected chi connectivity index (χ1v) is 7.47. The molecule has 0 aliphatic heterocycles. The number of thiophene rings is 1. The Balaban J connectivity index is 2.16. The lowest BCUT2D eigenvalue weighted by atomic mass is 9.96. The molecule has 1 unspecified atom stereocenters. The standard InChI is InChI=1S/C17H16FNS/c1-11-8-13(10-14(18)9-11)16(19-2)15-5-3-4-12-6-7-20-17(12)15/h3-10,16,19H,1-2H3. The highest BCUT2D eigenvalue weighted by molar-refractivity contribution is 7.17. The van der Waals surface area contributed by atoms with Gasteiger partial charge in [0.25, 0.3) is 0 Å². The van der Waals surface area contributed by atoms with Crippen LogP contribution in [0.25, 0.3) is 10.1 Å². The van der Waals surface area contributed by atoms with Gasteiger partial charge in [-0.1, -0.05) is 24.3 Å². The SMILES string of the molecule is CNC(c1cc(C)cc(F)c1)c1cccc2ccsc12. The fraction of sp³-hybridized carbons (Fsp3) is 0.176. The lowest BCUT2D eigenvalue weighted by Crippen LogP contribution is -2.18. The fourth-order valence-electron chi connectivity index (χ4n) is 2.68. The van der Waals surface area contributed by atoms with Crippen LogP contribution in [0.1, 0.15) is 22.7 Å². The molecule has 1 atom stereocenters. The Labute approximate surface area is 122 Å². The van der Waals surface area contributed by atoms with E-state index in [0.29, 0.717) is 0 Å². The highest BCUT2D eigenvalue weighted by atomic mass is 32.1. The second-order valence-corrected chi connectivity index (χ2v) is 5.89. The van der Waals surface area contributed by atoms with E-state index < -0.39 is 0 Å². The van der Waals surface area contributed by atoms with E-state index in [-0.39, 0.29) is 11.9 Å². The summed E-state index contributed by atoms with van der Waals surface area (Å²) < 4.78 is 14.9. The van der Waals surface area contributed by atoms with Crippen LogP contribution in [-0.2, 0) is 0 Å². The summed E-state index contributed by atoms with van der Waals surface area (Å²) in [5.41, 5.74) is 3.11. The number of rotatable bonds is 3. The zero-order chi connectivity index (χ0) is 14.1. The van der Waals surface area contributed by atoms with Gasteiger partial charge in [-0.15, -0.1) is 11.3 Å². The fourth-order valence-corrected chi connectivity index (χ4v) is 3.62. The number of fused-ring (bicyclic) bond motifs is 1. The molecule has 102 valence electrons. The van der Waals surface area contributed by atoms with Crippen molar-refractivity contribution in [1.82, 2.24) is 5.32 Å². The van der Waals surface area contributed by atoms with Gasteiger partial charge in [-0.3, -0.25) is 0 Å². The van der Waals surface area contributed by atoms with Crippen LogP contribution in [0, 0.1) is 12.7 Å². The molecule has 0 radical (unpaired) electrons. The molecular weight excluding hydrogens is 269 g/mol. The first kappa shape index (κ1) is 13.3. The Morgan fingerprint density at radius 2 is 2.00 bits per heavy atom. The first-order valence-electron chi connectivity index (χ1n) is 6.59. The highest BCUT2D eigenvalue weighted by Gasteiger charge is 2.16. The molecule has 20 heavy (non-hydrogen) atoms. The number of hydrogen-bond donors (Lipinski definition) is 1. The maximum atomic E-state index is 13.7. The van der Waals surface area contributed by atoms with Crippen molar-refractivity contribution >= 4 is 21.4 Å². The van der Waals surface area contributed by atoms with Gasteiger partial charge in [0, 0.05) is 4.70 Å². The van der Waals surface area contributed by atoms with Gasteiger partial charge in [0.2, 0.25) is 0 Å². The van der Waals surface area contributed by atoms with E-state index in [2.05, 4.69) is 35.0 Å². The summed E-state index contributed by atoms with van der Waals surface area (Å²) in [7, 11) is 1.91. The van der Waals surface area contributed by atoms with Crippen molar-refractivity contribution in [3.63, 3.8) is 0 Å². The van der Waals surface area contributed by atoms with Gasteiger partial charge in [0.15, 0.2) is 0 Å². The van der Waals surface area contributed by atoms with Crippen LogP contribution in [0.2, 0.25) is 0 Å². The number of hydrogen-bond acceptors (Lipinski definition) is 2. The molecule has 0 bridgehead atoms. The number of halogens is 1. The second-order valence-electron chi connectivity index (χ2n) is 4.97.